The SMILES string of the molecule is Cc1csc(Nc2cccc([C@H]3CN(CC(=O)NCc4ccccn4)CCO3)n2)n1. The van der Waals surface area contributed by atoms with Gasteiger partial charge in [-0.2, -0.15) is 0 Å². The number of ether oxygens (including phenoxy) is 1. The zero-order valence-corrected chi connectivity index (χ0v) is 17.6. The second-order valence-electron chi connectivity index (χ2n) is 7.06. The molecule has 0 aromatic carbocycles. The highest BCUT2D eigenvalue weighted by molar-refractivity contribution is 7.13. The first kappa shape index (κ1) is 20.4. The number of pyridine rings is 2. The van der Waals surface area contributed by atoms with Crippen molar-refractivity contribution in [1.82, 2.24) is 25.2 Å². The van der Waals surface area contributed by atoms with Crippen molar-refractivity contribution in [1.29, 1.82) is 0 Å². The average Bonchev–Trinajstić information content (AvgIpc) is 3.18. The summed E-state index contributed by atoms with van der Waals surface area (Å²) in [4.78, 5) is 27.7. The highest BCUT2D eigenvalue weighted by Gasteiger charge is 2.24. The third kappa shape index (κ3) is 5.59. The standard InChI is InChI=1S/C21H24N6O2S/c1-15-14-30-21(24-15)26-19-7-4-6-17(25-19)18-12-27(9-10-29-18)13-20(28)23-11-16-5-2-3-8-22-16/h2-8,14,18H,9-13H2,1H3,(H,23,28)(H,24,25,26)/t18-/m1/s1. The maximum atomic E-state index is 12.3. The van der Waals surface area contributed by atoms with Crippen molar-refractivity contribution in [2.45, 2.75) is 19.6 Å². The van der Waals surface area contributed by atoms with E-state index in [9.17, 15) is 4.79 Å². The number of aryl methyl sites for hydroxylation is 1. The molecule has 1 atom stereocenters. The Labute approximate surface area is 179 Å². The predicted molar refractivity (Wildman–Crippen MR) is 116 cm³/mol. The molecule has 3 aromatic heterocycles. The number of hydrogen-bond acceptors (Lipinski definition) is 8. The van der Waals surface area contributed by atoms with E-state index in [1.165, 1.54) is 0 Å². The Morgan fingerprint density at radius 1 is 1.27 bits per heavy atom. The number of aromatic nitrogens is 3. The van der Waals surface area contributed by atoms with E-state index in [0.717, 1.165) is 28.0 Å². The number of amides is 1. The van der Waals surface area contributed by atoms with Gasteiger partial charge in [-0.3, -0.25) is 14.7 Å². The summed E-state index contributed by atoms with van der Waals surface area (Å²) < 4.78 is 5.93. The van der Waals surface area contributed by atoms with Gasteiger partial charge in [-0.1, -0.05) is 12.1 Å². The first-order chi connectivity index (χ1) is 14.7. The molecule has 8 nitrogen and oxygen atoms in total. The van der Waals surface area contributed by atoms with Crippen molar-refractivity contribution in [2.75, 3.05) is 31.6 Å². The first-order valence-corrected chi connectivity index (χ1v) is 10.7. The zero-order chi connectivity index (χ0) is 20.8. The summed E-state index contributed by atoms with van der Waals surface area (Å²) in [5.41, 5.74) is 2.66. The summed E-state index contributed by atoms with van der Waals surface area (Å²) in [6.45, 7) is 4.60. The molecule has 0 saturated carbocycles. The van der Waals surface area contributed by atoms with Crippen LogP contribution in [0.5, 0.6) is 0 Å². The number of morpholine rings is 1. The largest absolute Gasteiger partial charge is 0.369 e. The number of anilines is 2. The van der Waals surface area contributed by atoms with Gasteiger partial charge in [-0.25, -0.2) is 9.97 Å². The number of carbonyl (C=O) groups is 1. The molecule has 0 aliphatic carbocycles. The number of thiazole rings is 1. The van der Waals surface area contributed by atoms with Gasteiger partial charge in [0, 0.05) is 24.7 Å². The van der Waals surface area contributed by atoms with Gasteiger partial charge in [0.25, 0.3) is 0 Å². The Morgan fingerprint density at radius 3 is 3.00 bits per heavy atom. The Morgan fingerprint density at radius 2 is 2.20 bits per heavy atom. The van der Waals surface area contributed by atoms with Crippen molar-refractivity contribution >= 4 is 28.2 Å². The van der Waals surface area contributed by atoms with Crippen LogP contribution in [-0.2, 0) is 16.1 Å². The highest BCUT2D eigenvalue weighted by atomic mass is 32.1. The van der Waals surface area contributed by atoms with Gasteiger partial charge in [0.05, 0.1) is 36.8 Å². The van der Waals surface area contributed by atoms with E-state index in [4.69, 9.17) is 4.74 Å². The minimum absolute atomic E-state index is 0.0242. The van der Waals surface area contributed by atoms with Gasteiger partial charge in [0.1, 0.15) is 11.9 Å². The van der Waals surface area contributed by atoms with Crippen LogP contribution < -0.4 is 10.6 Å². The first-order valence-electron chi connectivity index (χ1n) is 9.82. The summed E-state index contributed by atoms with van der Waals surface area (Å²) in [6.07, 6.45) is 1.54. The van der Waals surface area contributed by atoms with Crippen LogP contribution in [-0.4, -0.2) is 52.0 Å². The van der Waals surface area contributed by atoms with E-state index < -0.39 is 0 Å². The molecule has 3 aromatic rings. The predicted octanol–water partition coefficient (Wildman–Crippen LogP) is 2.67. The Hall–Kier alpha value is -2.88. The third-order valence-corrected chi connectivity index (χ3v) is 5.54. The minimum Gasteiger partial charge on any atom is -0.369 e. The second-order valence-corrected chi connectivity index (χ2v) is 7.92. The lowest BCUT2D eigenvalue weighted by Gasteiger charge is -2.32. The monoisotopic (exact) mass is 424 g/mol. The molecular formula is C21H24N6O2S. The molecule has 156 valence electrons. The molecule has 1 aliphatic heterocycles. The highest BCUT2D eigenvalue weighted by Crippen LogP contribution is 2.24. The van der Waals surface area contributed by atoms with Gasteiger partial charge in [-0.15, -0.1) is 11.3 Å². The van der Waals surface area contributed by atoms with Crippen LogP contribution in [0, 0.1) is 6.92 Å². The Kier molecular flexibility index (Phi) is 6.63. The number of nitrogens with zero attached hydrogens (tertiary/aromatic N) is 4. The molecule has 2 N–H and O–H groups in total. The molecule has 1 aliphatic rings. The maximum Gasteiger partial charge on any atom is 0.234 e. The van der Waals surface area contributed by atoms with Gasteiger partial charge < -0.3 is 15.4 Å². The molecule has 9 heteroatoms. The van der Waals surface area contributed by atoms with Crippen molar-refractivity contribution in [2.24, 2.45) is 0 Å². The average molecular weight is 425 g/mol. The Balaban J connectivity index is 1.32. The van der Waals surface area contributed by atoms with Crippen molar-refractivity contribution in [3.05, 3.63) is 65.1 Å². The van der Waals surface area contributed by atoms with Gasteiger partial charge >= 0.3 is 0 Å². The molecule has 4 rings (SSSR count). The lowest BCUT2D eigenvalue weighted by atomic mass is 10.2. The fraction of sp³-hybridized carbons (Fsp3) is 0.333. The summed E-state index contributed by atoms with van der Waals surface area (Å²) >= 11 is 1.55. The summed E-state index contributed by atoms with van der Waals surface area (Å²) in [5.74, 6) is 0.708. The summed E-state index contributed by atoms with van der Waals surface area (Å²) in [7, 11) is 0. The van der Waals surface area contributed by atoms with E-state index in [0.29, 0.717) is 32.8 Å². The van der Waals surface area contributed by atoms with Crippen molar-refractivity contribution < 1.29 is 9.53 Å². The molecule has 0 bridgehead atoms. The second kappa shape index (κ2) is 9.75. The topological polar surface area (TPSA) is 92.3 Å². The van der Waals surface area contributed by atoms with Crippen LogP contribution in [0.4, 0.5) is 10.9 Å². The molecule has 0 unspecified atom stereocenters. The van der Waals surface area contributed by atoms with Crippen LogP contribution >= 0.6 is 11.3 Å². The van der Waals surface area contributed by atoms with Crippen molar-refractivity contribution in [3.63, 3.8) is 0 Å². The van der Waals surface area contributed by atoms with E-state index >= 15 is 0 Å². The smallest absolute Gasteiger partial charge is 0.234 e. The van der Waals surface area contributed by atoms with Crippen LogP contribution in [0.25, 0.3) is 0 Å². The van der Waals surface area contributed by atoms with Crippen LogP contribution in [0.1, 0.15) is 23.2 Å². The van der Waals surface area contributed by atoms with Gasteiger partial charge in [0.15, 0.2) is 5.13 Å². The number of carbonyl (C=O) groups excluding carboxylic acids is 1. The zero-order valence-electron chi connectivity index (χ0n) is 16.7. The minimum atomic E-state index is -0.179. The molecule has 4 heterocycles. The number of nitrogens with one attached hydrogen (secondary N) is 2. The molecule has 0 spiro atoms. The lowest BCUT2D eigenvalue weighted by Crippen LogP contribution is -2.44. The van der Waals surface area contributed by atoms with E-state index in [2.05, 4.69) is 30.5 Å². The molecule has 0 radical (unpaired) electrons. The normalized spacial score (nSPS) is 16.9. The summed E-state index contributed by atoms with van der Waals surface area (Å²) in [6, 6.07) is 11.5. The van der Waals surface area contributed by atoms with E-state index in [1.807, 2.05) is 48.7 Å². The van der Waals surface area contributed by atoms with E-state index in [-0.39, 0.29) is 12.0 Å². The maximum absolute atomic E-state index is 12.3. The molecular weight excluding hydrogens is 400 g/mol. The third-order valence-electron chi connectivity index (χ3n) is 4.67. The fourth-order valence-corrected chi connectivity index (χ4v) is 3.89. The lowest BCUT2D eigenvalue weighted by molar-refractivity contribution is -0.124. The summed E-state index contributed by atoms with van der Waals surface area (Å²) in [5, 5.41) is 8.97. The number of hydrogen-bond donors (Lipinski definition) is 2. The van der Waals surface area contributed by atoms with Crippen LogP contribution in [0.15, 0.2) is 48.0 Å². The van der Waals surface area contributed by atoms with Gasteiger partial charge in [-0.05, 0) is 31.2 Å². The quantitative estimate of drug-likeness (QED) is 0.602. The van der Waals surface area contributed by atoms with Crippen molar-refractivity contribution in [3.8, 4) is 0 Å². The van der Waals surface area contributed by atoms with Crippen LogP contribution in [0.2, 0.25) is 0 Å². The molecule has 1 fully saturated rings. The number of rotatable bonds is 7. The molecule has 1 amide bonds. The van der Waals surface area contributed by atoms with Gasteiger partial charge in [0.2, 0.25) is 5.91 Å². The Bertz CT molecular complexity index is 980. The molecule has 30 heavy (non-hydrogen) atoms. The fourth-order valence-electron chi connectivity index (χ4n) is 3.20. The molecule has 1 saturated heterocycles. The van der Waals surface area contributed by atoms with Crippen LogP contribution in [0.3, 0.4) is 0 Å². The van der Waals surface area contributed by atoms with E-state index in [1.54, 1.807) is 17.5 Å².